The Labute approximate surface area is 103 Å². The predicted molar refractivity (Wildman–Crippen MR) is 69.9 cm³/mol. The number of carbonyl (C=O) groups is 1. The van der Waals surface area contributed by atoms with Crippen molar-refractivity contribution in [2.24, 2.45) is 0 Å². The minimum Gasteiger partial charge on any atom is -0.393 e. The number of amides is 2. The average molecular weight is 248 g/mol. The summed E-state index contributed by atoms with van der Waals surface area (Å²) in [7, 11) is 0. The summed E-state index contributed by atoms with van der Waals surface area (Å²) in [5.74, 6) is 2.19. The van der Waals surface area contributed by atoms with Gasteiger partial charge in [-0.25, -0.2) is 4.79 Å². The second-order valence-corrected chi connectivity index (χ2v) is 5.32. The topological polar surface area (TPSA) is 61.4 Å². The molecule has 2 unspecified atom stereocenters. The number of aliphatic hydroxyl groups is 1. The zero-order chi connectivity index (χ0) is 12.4. The summed E-state index contributed by atoms with van der Waals surface area (Å²) in [5, 5.41) is 14.6. The average Bonchev–Trinajstić information content (AvgIpc) is 2.17. The molecule has 0 heterocycles. The lowest BCUT2D eigenvalue weighted by Crippen LogP contribution is -2.41. The molecule has 0 saturated carbocycles. The molecule has 2 amide bonds. The first-order valence-electron chi connectivity index (χ1n) is 5.86. The van der Waals surface area contributed by atoms with Crippen LogP contribution in [0.15, 0.2) is 0 Å². The molecule has 0 aromatic heterocycles. The molecule has 0 saturated heterocycles. The van der Waals surface area contributed by atoms with E-state index in [0.717, 1.165) is 17.9 Å². The first-order chi connectivity index (χ1) is 7.56. The summed E-state index contributed by atoms with van der Waals surface area (Å²) in [5.41, 5.74) is 0. The molecule has 0 radical (unpaired) electrons. The Hall–Kier alpha value is -0.420. The van der Waals surface area contributed by atoms with Crippen molar-refractivity contribution in [3.05, 3.63) is 0 Å². The molecule has 0 aromatic carbocycles. The molecular formula is C11H24N2O2S. The largest absolute Gasteiger partial charge is 0.393 e. The molecule has 0 bridgehead atoms. The number of thioether (sulfide) groups is 1. The van der Waals surface area contributed by atoms with Gasteiger partial charge < -0.3 is 15.7 Å². The Morgan fingerprint density at radius 1 is 1.38 bits per heavy atom. The Morgan fingerprint density at radius 3 is 2.62 bits per heavy atom. The van der Waals surface area contributed by atoms with Gasteiger partial charge in [0, 0.05) is 12.6 Å². The van der Waals surface area contributed by atoms with Crippen LogP contribution in [0, 0.1) is 0 Å². The molecule has 0 rings (SSSR count). The van der Waals surface area contributed by atoms with Crippen molar-refractivity contribution < 1.29 is 9.90 Å². The van der Waals surface area contributed by atoms with Crippen LogP contribution < -0.4 is 10.6 Å². The molecule has 96 valence electrons. The lowest BCUT2D eigenvalue weighted by molar-refractivity contribution is 0.183. The molecule has 16 heavy (non-hydrogen) atoms. The van der Waals surface area contributed by atoms with Crippen LogP contribution in [-0.4, -0.2) is 41.3 Å². The number of hydrogen-bond acceptors (Lipinski definition) is 3. The fourth-order valence-electron chi connectivity index (χ4n) is 1.15. The molecule has 0 aliphatic rings. The van der Waals surface area contributed by atoms with Crippen molar-refractivity contribution in [3.8, 4) is 0 Å². The lowest BCUT2D eigenvalue weighted by Gasteiger charge is -2.14. The van der Waals surface area contributed by atoms with Crippen LogP contribution in [0.3, 0.4) is 0 Å². The Kier molecular flexibility index (Phi) is 9.52. The minimum absolute atomic E-state index is 0.144. The van der Waals surface area contributed by atoms with E-state index in [0.29, 0.717) is 13.0 Å². The van der Waals surface area contributed by atoms with Crippen LogP contribution >= 0.6 is 11.8 Å². The maximum atomic E-state index is 11.4. The first kappa shape index (κ1) is 15.6. The van der Waals surface area contributed by atoms with Gasteiger partial charge in [-0.3, -0.25) is 0 Å². The van der Waals surface area contributed by atoms with Crippen molar-refractivity contribution in [2.75, 3.05) is 18.1 Å². The van der Waals surface area contributed by atoms with Crippen molar-refractivity contribution in [1.29, 1.82) is 0 Å². The van der Waals surface area contributed by atoms with Crippen LogP contribution in [0.25, 0.3) is 0 Å². The normalized spacial score (nSPS) is 14.2. The molecule has 4 nitrogen and oxygen atoms in total. The van der Waals surface area contributed by atoms with E-state index < -0.39 is 0 Å². The minimum atomic E-state index is -0.362. The first-order valence-corrected chi connectivity index (χ1v) is 7.01. The van der Waals surface area contributed by atoms with Crippen molar-refractivity contribution in [3.63, 3.8) is 0 Å². The van der Waals surface area contributed by atoms with E-state index in [1.165, 1.54) is 0 Å². The molecule has 0 fully saturated rings. The van der Waals surface area contributed by atoms with Gasteiger partial charge in [0.15, 0.2) is 0 Å². The standard InChI is InChI=1S/C11H24N2O2S/c1-4-16-8-6-9(2)13-11(15)12-7-5-10(3)14/h9-10,14H,4-8H2,1-3H3,(H2,12,13,15). The second-order valence-electron chi connectivity index (χ2n) is 3.92. The van der Waals surface area contributed by atoms with Crippen molar-refractivity contribution >= 4 is 17.8 Å². The third-order valence-corrected chi connectivity index (χ3v) is 3.06. The molecular weight excluding hydrogens is 224 g/mol. The SMILES string of the molecule is CCSCCC(C)NC(=O)NCCC(C)O. The summed E-state index contributed by atoms with van der Waals surface area (Å²) in [6, 6.07) is 0.0558. The van der Waals surface area contributed by atoms with E-state index in [-0.39, 0.29) is 18.2 Å². The molecule has 0 aliphatic carbocycles. The Morgan fingerprint density at radius 2 is 2.06 bits per heavy atom. The van der Waals surface area contributed by atoms with E-state index >= 15 is 0 Å². The van der Waals surface area contributed by atoms with E-state index in [1.54, 1.807) is 6.92 Å². The van der Waals surface area contributed by atoms with Crippen LogP contribution in [0.5, 0.6) is 0 Å². The van der Waals surface area contributed by atoms with Gasteiger partial charge in [-0.15, -0.1) is 0 Å². The summed E-state index contributed by atoms with van der Waals surface area (Å²) in [6.07, 6.45) is 1.22. The predicted octanol–water partition coefficient (Wildman–Crippen LogP) is 1.59. The third-order valence-electron chi connectivity index (χ3n) is 2.12. The zero-order valence-corrected chi connectivity index (χ0v) is 11.3. The summed E-state index contributed by atoms with van der Waals surface area (Å²) in [6.45, 7) is 6.36. The van der Waals surface area contributed by atoms with E-state index in [9.17, 15) is 4.79 Å². The smallest absolute Gasteiger partial charge is 0.314 e. The number of urea groups is 1. The van der Waals surface area contributed by atoms with E-state index in [4.69, 9.17) is 5.11 Å². The summed E-state index contributed by atoms with van der Waals surface area (Å²) >= 11 is 1.88. The van der Waals surface area contributed by atoms with Crippen LogP contribution in [0.4, 0.5) is 4.79 Å². The summed E-state index contributed by atoms with van der Waals surface area (Å²) in [4.78, 5) is 11.4. The molecule has 0 spiro atoms. The van der Waals surface area contributed by atoms with Crippen molar-refractivity contribution in [2.45, 2.75) is 45.8 Å². The van der Waals surface area contributed by atoms with Crippen LogP contribution in [0.1, 0.15) is 33.6 Å². The van der Waals surface area contributed by atoms with E-state index in [2.05, 4.69) is 17.6 Å². The molecule has 0 aliphatic heterocycles. The highest BCUT2D eigenvalue weighted by atomic mass is 32.2. The van der Waals surface area contributed by atoms with Gasteiger partial charge >= 0.3 is 6.03 Å². The molecule has 3 N–H and O–H groups in total. The monoisotopic (exact) mass is 248 g/mol. The highest BCUT2D eigenvalue weighted by Gasteiger charge is 2.06. The van der Waals surface area contributed by atoms with Crippen LogP contribution in [-0.2, 0) is 0 Å². The maximum absolute atomic E-state index is 11.4. The van der Waals surface area contributed by atoms with Gasteiger partial charge in [-0.05, 0) is 38.2 Å². The fraction of sp³-hybridized carbons (Fsp3) is 0.909. The molecule has 5 heteroatoms. The van der Waals surface area contributed by atoms with Crippen LogP contribution in [0.2, 0.25) is 0 Å². The number of carbonyl (C=O) groups excluding carboxylic acids is 1. The number of nitrogens with one attached hydrogen (secondary N) is 2. The quantitative estimate of drug-likeness (QED) is 0.572. The molecule has 2 atom stereocenters. The fourth-order valence-corrected chi connectivity index (χ4v) is 1.95. The highest BCUT2D eigenvalue weighted by Crippen LogP contribution is 2.03. The molecule has 0 aromatic rings. The van der Waals surface area contributed by atoms with Gasteiger partial charge in [0.2, 0.25) is 0 Å². The number of rotatable bonds is 8. The Bertz CT molecular complexity index is 189. The van der Waals surface area contributed by atoms with Gasteiger partial charge in [-0.1, -0.05) is 6.92 Å². The lowest BCUT2D eigenvalue weighted by atomic mass is 10.2. The zero-order valence-electron chi connectivity index (χ0n) is 10.5. The van der Waals surface area contributed by atoms with Gasteiger partial charge in [0.25, 0.3) is 0 Å². The highest BCUT2D eigenvalue weighted by molar-refractivity contribution is 7.99. The third kappa shape index (κ3) is 10.1. The maximum Gasteiger partial charge on any atom is 0.314 e. The number of hydrogen-bond donors (Lipinski definition) is 3. The van der Waals surface area contributed by atoms with Gasteiger partial charge in [-0.2, -0.15) is 11.8 Å². The van der Waals surface area contributed by atoms with E-state index in [1.807, 2.05) is 18.7 Å². The number of aliphatic hydroxyl groups excluding tert-OH is 1. The van der Waals surface area contributed by atoms with Gasteiger partial charge in [0.1, 0.15) is 0 Å². The van der Waals surface area contributed by atoms with Crippen molar-refractivity contribution in [1.82, 2.24) is 10.6 Å². The van der Waals surface area contributed by atoms with Gasteiger partial charge in [0.05, 0.1) is 6.10 Å². The second kappa shape index (κ2) is 9.78. The Balaban J connectivity index is 3.46. The summed E-state index contributed by atoms with van der Waals surface area (Å²) < 4.78 is 0.